The van der Waals surface area contributed by atoms with Gasteiger partial charge in [-0.05, 0) is 54.4 Å². The summed E-state index contributed by atoms with van der Waals surface area (Å²) in [6.07, 6.45) is 0. The van der Waals surface area contributed by atoms with Gasteiger partial charge in [0.2, 0.25) is 5.89 Å². The Kier molecular flexibility index (Phi) is 4.99. The molecule has 2 aromatic carbocycles. The van der Waals surface area contributed by atoms with Crippen LogP contribution >= 0.6 is 23.1 Å². The molecular formula is C19H14ClN5O3S. The summed E-state index contributed by atoms with van der Waals surface area (Å²) in [6.45, 7) is 1.74. The fourth-order valence-electron chi connectivity index (χ4n) is 2.70. The van der Waals surface area contributed by atoms with Crippen LogP contribution in [0.3, 0.4) is 0 Å². The molecule has 10 heteroatoms. The van der Waals surface area contributed by atoms with Crippen LogP contribution in [-0.4, -0.2) is 25.3 Å². The lowest BCUT2D eigenvalue weighted by atomic mass is 10.0. The van der Waals surface area contributed by atoms with Crippen molar-refractivity contribution in [3.05, 3.63) is 68.6 Å². The molecule has 0 radical (unpaired) electrons. The van der Waals surface area contributed by atoms with E-state index in [4.69, 9.17) is 16.0 Å². The molecule has 0 spiro atoms. The van der Waals surface area contributed by atoms with Crippen LogP contribution in [0.1, 0.15) is 15.4 Å². The molecule has 29 heavy (non-hydrogen) atoms. The van der Waals surface area contributed by atoms with Gasteiger partial charge in [-0.2, -0.15) is 4.68 Å². The van der Waals surface area contributed by atoms with Crippen LogP contribution in [-0.2, 0) is 7.05 Å². The SMILES string of the molecule is Cc1nnsc1C(=O)Nc1ccc(-c2cc(-c3nn(C)c(=O)o3)ccc2Cl)cc1. The van der Waals surface area contributed by atoms with Crippen LogP contribution in [0.25, 0.3) is 22.6 Å². The van der Waals surface area contributed by atoms with Gasteiger partial charge in [0.25, 0.3) is 5.91 Å². The van der Waals surface area contributed by atoms with E-state index in [9.17, 15) is 9.59 Å². The molecule has 4 aromatic rings. The van der Waals surface area contributed by atoms with Crippen molar-refractivity contribution in [2.24, 2.45) is 7.05 Å². The minimum Gasteiger partial charge on any atom is -0.388 e. The van der Waals surface area contributed by atoms with Gasteiger partial charge < -0.3 is 9.73 Å². The monoisotopic (exact) mass is 427 g/mol. The van der Waals surface area contributed by atoms with Crippen molar-refractivity contribution >= 4 is 34.7 Å². The summed E-state index contributed by atoms with van der Waals surface area (Å²) in [7, 11) is 1.52. The molecule has 0 fully saturated rings. The molecule has 0 saturated heterocycles. The Morgan fingerprint density at radius 3 is 2.52 bits per heavy atom. The fourth-order valence-corrected chi connectivity index (χ4v) is 3.48. The Bertz CT molecular complexity index is 1260. The highest BCUT2D eigenvalue weighted by molar-refractivity contribution is 7.08. The second-order valence-corrected chi connectivity index (χ2v) is 7.37. The maximum atomic E-state index is 12.3. The lowest BCUT2D eigenvalue weighted by Crippen LogP contribution is -2.11. The average Bonchev–Trinajstić information content (AvgIpc) is 3.28. The molecular weight excluding hydrogens is 414 g/mol. The molecule has 4 rings (SSSR count). The van der Waals surface area contributed by atoms with Crippen LogP contribution < -0.4 is 11.1 Å². The highest BCUT2D eigenvalue weighted by Crippen LogP contribution is 2.32. The second kappa shape index (κ2) is 7.61. The zero-order valence-electron chi connectivity index (χ0n) is 15.3. The van der Waals surface area contributed by atoms with Crippen LogP contribution in [0.5, 0.6) is 0 Å². The molecule has 0 aliphatic rings. The van der Waals surface area contributed by atoms with Crippen molar-refractivity contribution in [2.45, 2.75) is 6.92 Å². The lowest BCUT2D eigenvalue weighted by molar-refractivity contribution is 0.103. The minimum atomic E-state index is -0.539. The van der Waals surface area contributed by atoms with E-state index in [0.29, 0.717) is 26.8 Å². The van der Waals surface area contributed by atoms with Crippen LogP contribution in [0.15, 0.2) is 51.7 Å². The zero-order valence-corrected chi connectivity index (χ0v) is 16.9. The molecule has 1 amide bonds. The van der Waals surface area contributed by atoms with E-state index in [2.05, 4.69) is 20.0 Å². The smallest absolute Gasteiger partial charge is 0.388 e. The standard InChI is InChI=1S/C19H14ClN5O3S/c1-10-16(29-24-22-10)17(26)21-13-6-3-11(4-7-13)14-9-12(5-8-15(14)20)18-23-25(2)19(27)28-18/h3-9H,1-2H3,(H,21,26). The Morgan fingerprint density at radius 2 is 1.90 bits per heavy atom. The summed E-state index contributed by atoms with van der Waals surface area (Å²) in [6, 6.07) is 12.5. The third-order valence-corrected chi connectivity index (χ3v) is 5.37. The number of nitrogens with zero attached hydrogens (tertiary/aromatic N) is 4. The highest BCUT2D eigenvalue weighted by Gasteiger charge is 2.14. The van der Waals surface area contributed by atoms with Crippen LogP contribution in [0.4, 0.5) is 5.69 Å². The largest absolute Gasteiger partial charge is 0.437 e. The first-order valence-corrected chi connectivity index (χ1v) is 9.62. The average molecular weight is 428 g/mol. The number of aryl methyl sites for hydroxylation is 2. The van der Waals surface area contributed by atoms with Gasteiger partial charge in [0.1, 0.15) is 4.88 Å². The number of anilines is 1. The molecule has 2 heterocycles. The molecule has 0 bridgehead atoms. The van der Waals surface area contributed by atoms with E-state index < -0.39 is 5.76 Å². The van der Waals surface area contributed by atoms with Crippen LogP contribution in [0, 0.1) is 6.92 Å². The third kappa shape index (κ3) is 3.82. The first-order valence-electron chi connectivity index (χ1n) is 8.47. The van der Waals surface area contributed by atoms with E-state index in [1.54, 1.807) is 37.3 Å². The molecule has 1 N–H and O–H groups in total. The summed E-state index contributed by atoms with van der Waals surface area (Å²) < 4.78 is 10.0. The number of nitrogens with one attached hydrogen (secondary N) is 1. The van der Waals surface area contributed by atoms with Gasteiger partial charge in [0.15, 0.2) is 0 Å². The molecule has 2 aromatic heterocycles. The van der Waals surface area contributed by atoms with Gasteiger partial charge in [-0.25, -0.2) is 4.79 Å². The molecule has 0 aliphatic carbocycles. The number of carbonyl (C=O) groups is 1. The molecule has 0 aliphatic heterocycles. The van der Waals surface area contributed by atoms with E-state index in [1.165, 1.54) is 7.05 Å². The molecule has 146 valence electrons. The summed E-state index contributed by atoms with van der Waals surface area (Å²) in [5, 5.41) is 11.3. The molecule has 0 atom stereocenters. The minimum absolute atomic E-state index is 0.216. The topological polar surface area (TPSA) is 103 Å². The van der Waals surface area contributed by atoms with Crippen molar-refractivity contribution in [1.29, 1.82) is 0 Å². The summed E-state index contributed by atoms with van der Waals surface area (Å²) in [5.41, 5.74) is 3.44. The number of benzene rings is 2. The number of rotatable bonds is 4. The second-order valence-electron chi connectivity index (χ2n) is 6.21. The first-order chi connectivity index (χ1) is 13.9. The van der Waals surface area contributed by atoms with E-state index in [0.717, 1.165) is 27.3 Å². The van der Waals surface area contributed by atoms with Crippen LogP contribution in [0.2, 0.25) is 5.02 Å². The third-order valence-electron chi connectivity index (χ3n) is 4.21. The van der Waals surface area contributed by atoms with Gasteiger partial charge in [-0.3, -0.25) is 4.79 Å². The summed E-state index contributed by atoms with van der Waals surface area (Å²) in [5.74, 6) is -0.578. The highest BCUT2D eigenvalue weighted by atomic mass is 35.5. The van der Waals surface area contributed by atoms with Crippen molar-refractivity contribution in [1.82, 2.24) is 19.4 Å². The Hall–Kier alpha value is -3.30. The quantitative estimate of drug-likeness (QED) is 0.531. The van der Waals surface area contributed by atoms with E-state index in [-0.39, 0.29) is 11.8 Å². The lowest BCUT2D eigenvalue weighted by Gasteiger charge is -2.08. The van der Waals surface area contributed by atoms with Crippen molar-refractivity contribution in [3.8, 4) is 22.6 Å². The van der Waals surface area contributed by atoms with Crippen molar-refractivity contribution in [3.63, 3.8) is 0 Å². The number of aromatic nitrogens is 4. The normalized spacial score (nSPS) is 10.9. The maximum Gasteiger partial charge on any atom is 0.437 e. The predicted molar refractivity (Wildman–Crippen MR) is 110 cm³/mol. The number of carbonyl (C=O) groups excluding carboxylic acids is 1. The van der Waals surface area contributed by atoms with Gasteiger partial charge in [-0.15, -0.1) is 10.2 Å². The number of hydrogen-bond acceptors (Lipinski definition) is 7. The Labute approximate surface area is 173 Å². The number of halogens is 1. The van der Waals surface area contributed by atoms with E-state index >= 15 is 0 Å². The van der Waals surface area contributed by atoms with Gasteiger partial charge in [-0.1, -0.05) is 28.2 Å². The van der Waals surface area contributed by atoms with Gasteiger partial charge >= 0.3 is 5.76 Å². The first kappa shape index (κ1) is 19.0. The van der Waals surface area contributed by atoms with Gasteiger partial charge in [0, 0.05) is 28.9 Å². The predicted octanol–water partition coefficient (Wildman–Crippen LogP) is 3.77. The summed E-state index contributed by atoms with van der Waals surface area (Å²) in [4.78, 5) is 24.3. The van der Waals surface area contributed by atoms with Crippen molar-refractivity contribution < 1.29 is 9.21 Å². The zero-order chi connectivity index (χ0) is 20.5. The summed E-state index contributed by atoms with van der Waals surface area (Å²) >= 11 is 7.42. The maximum absolute atomic E-state index is 12.3. The van der Waals surface area contributed by atoms with Gasteiger partial charge in [0.05, 0.1) is 5.69 Å². The Balaban J connectivity index is 1.60. The number of amides is 1. The molecule has 8 nitrogen and oxygen atoms in total. The molecule has 0 unspecified atom stereocenters. The fraction of sp³-hybridized carbons (Fsp3) is 0.105. The Morgan fingerprint density at radius 1 is 1.17 bits per heavy atom. The van der Waals surface area contributed by atoms with Crippen molar-refractivity contribution in [2.75, 3.05) is 5.32 Å². The van der Waals surface area contributed by atoms with E-state index in [1.807, 2.05) is 12.1 Å². The number of hydrogen-bond donors (Lipinski definition) is 1. The molecule has 0 saturated carbocycles.